The molecule has 0 spiro atoms. The molecule has 0 radical (unpaired) electrons. The summed E-state index contributed by atoms with van der Waals surface area (Å²) in [5.41, 5.74) is 0. The molecule has 0 aliphatic rings. The number of benzene rings is 2. The van der Waals surface area contributed by atoms with Crippen molar-refractivity contribution in [3.05, 3.63) is 64.2 Å². The van der Waals surface area contributed by atoms with Crippen LogP contribution in [-0.2, 0) is 10.0 Å². The van der Waals surface area contributed by atoms with Gasteiger partial charge in [-0.05, 0) is 36.4 Å². The van der Waals surface area contributed by atoms with Crippen LogP contribution in [0, 0.1) is 5.82 Å². The molecule has 1 amide bonds. The molecule has 0 saturated carbocycles. The monoisotopic (exact) mass is 412 g/mol. The summed E-state index contributed by atoms with van der Waals surface area (Å²) in [6.45, 7) is 0.106. The van der Waals surface area contributed by atoms with Crippen LogP contribution in [0.1, 0.15) is 9.67 Å². The fourth-order valence-electron chi connectivity index (χ4n) is 2.30. The van der Waals surface area contributed by atoms with Crippen LogP contribution >= 0.6 is 22.9 Å². The van der Waals surface area contributed by atoms with Crippen molar-refractivity contribution in [3.63, 3.8) is 0 Å². The topological polar surface area (TPSA) is 75.3 Å². The van der Waals surface area contributed by atoms with Gasteiger partial charge in [-0.1, -0.05) is 23.7 Å². The molecule has 1 heterocycles. The third kappa shape index (κ3) is 4.21. The summed E-state index contributed by atoms with van der Waals surface area (Å²) >= 11 is 6.97. The van der Waals surface area contributed by atoms with E-state index in [1.54, 1.807) is 24.3 Å². The molecule has 1 aromatic heterocycles. The third-order valence-electron chi connectivity index (χ3n) is 3.54. The zero-order valence-electron chi connectivity index (χ0n) is 13.3. The Morgan fingerprint density at radius 1 is 1.12 bits per heavy atom. The lowest BCUT2D eigenvalue weighted by molar-refractivity contribution is 0.0958. The van der Waals surface area contributed by atoms with Crippen LogP contribution in [0.25, 0.3) is 10.1 Å². The van der Waals surface area contributed by atoms with Gasteiger partial charge in [0.1, 0.15) is 5.82 Å². The summed E-state index contributed by atoms with van der Waals surface area (Å²) in [5, 5.41) is 3.32. The molecular weight excluding hydrogens is 399 g/mol. The number of hydrogen-bond acceptors (Lipinski definition) is 4. The van der Waals surface area contributed by atoms with Crippen LogP contribution in [0.4, 0.5) is 4.39 Å². The van der Waals surface area contributed by atoms with Gasteiger partial charge in [-0.2, -0.15) is 0 Å². The van der Waals surface area contributed by atoms with Gasteiger partial charge in [0.25, 0.3) is 5.91 Å². The first-order valence-electron chi connectivity index (χ1n) is 7.58. The van der Waals surface area contributed by atoms with Crippen molar-refractivity contribution in [1.82, 2.24) is 10.0 Å². The van der Waals surface area contributed by atoms with Gasteiger partial charge in [0.2, 0.25) is 10.0 Å². The average molecular weight is 413 g/mol. The highest BCUT2D eigenvalue weighted by atomic mass is 35.5. The summed E-state index contributed by atoms with van der Waals surface area (Å²) in [7, 11) is -3.70. The largest absolute Gasteiger partial charge is 0.350 e. The second kappa shape index (κ2) is 7.71. The molecule has 3 rings (SSSR count). The van der Waals surface area contributed by atoms with Crippen molar-refractivity contribution in [2.45, 2.75) is 4.90 Å². The number of sulfonamides is 1. The first kappa shape index (κ1) is 18.8. The molecule has 5 nitrogen and oxygen atoms in total. The van der Waals surface area contributed by atoms with Crippen LogP contribution < -0.4 is 10.0 Å². The maximum Gasteiger partial charge on any atom is 0.261 e. The van der Waals surface area contributed by atoms with E-state index in [0.717, 1.165) is 0 Å². The molecule has 2 aromatic carbocycles. The van der Waals surface area contributed by atoms with E-state index in [2.05, 4.69) is 10.0 Å². The molecule has 26 heavy (non-hydrogen) atoms. The first-order valence-corrected chi connectivity index (χ1v) is 10.3. The molecular formula is C17H14ClFN2O3S2. The molecule has 0 atom stereocenters. The Balaban J connectivity index is 1.57. The fraction of sp³-hybridized carbons (Fsp3) is 0.118. The lowest BCUT2D eigenvalue weighted by Gasteiger charge is -2.07. The quantitative estimate of drug-likeness (QED) is 0.609. The lowest BCUT2D eigenvalue weighted by atomic mass is 10.2. The third-order valence-corrected chi connectivity index (χ3v) is 6.33. The zero-order valence-corrected chi connectivity index (χ0v) is 15.7. The van der Waals surface area contributed by atoms with E-state index in [0.29, 0.717) is 20.0 Å². The normalized spacial score (nSPS) is 11.6. The Morgan fingerprint density at radius 3 is 2.62 bits per heavy atom. The molecule has 0 bridgehead atoms. The molecule has 0 aliphatic carbocycles. The molecule has 9 heteroatoms. The summed E-state index contributed by atoms with van der Waals surface area (Å²) in [6.07, 6.45) is 0. The van der Waals surface area contributed by atoms with Gasteiger partial charge in [-0.25, -0.2) is 17.5 Å². The van der Waals surface area contributed by atoms with Crippen molar-refractivity contribution >= 4 is 49.0 Å². The summed E-state index contributed by atoms with van der Waals surface area (Å²) < 4.78 is 41.0. The van der Waals surface area contributed by atoms with Gasteiger partial charge in [0.15, 0.2) is 0 Å². The lowest BCUT2D eigenvalue weighted by Crippen LogP contribution is -2.34. The molecule has 0 fully saturated rings. The number of fused-ring (bicyclic) bond motifs is 1. The maximum absolute atomic E-state index is 13.7. The number of rotatable bonds is 6. The molecule has 2 N–H and O–H groups in total. The standard InChI is InChI=1S/C17H14ClFN2O3S2/c18-11-3-1-4-12(9-11)26(23,24)21-8-7-20-17(22)16-10-13-14(19)5-2-6-15(13)25-16/h1-6,9-10,21H,7-8H2,(H,20,22). The number of hydrogen-bond donors (Lipinski definition) is 2. The van der Waals surface area contributed by atoms with E-state index < -0.39 is 10.0 Å². The Labute approximate surface area is 158 Å². The molecule has 0 unspecified atom stereocenters. The van der Waals surface area contributed by atoms with Gasteiger partial charge < -0.3 is 5.32 Å². The Hall–Kier alpha value is -2.00. The first-order chi connectivity index (χ1) is 12.4. The van der Waals surface area contributed by atoms with Crippen molar-refractivity contribution in [2.24, 2.45) is 0 Å². The summed E-state index contributed by atoms with van der Waals surface area (Å²) in [6, 6.07) is 12.0. The van der Waals surface area contributed by atoms with Crippen molar-refractivity contribution in [1.29, 1.82) is 0 Å². The van der Waals surface area contributed by atoms with E-state index >= 15 is 0 Å². The van der Waals surface area contributed by atoms with E-state index in [4.69, 9.17) is 11.6 Å². The van der Waals surface area contributed by atoms with Crippen molar-refractivity contribution in [3.8, 4) is 0 Å². The second-order valence-corrected chi connectivity index (χ2v) is 8.66. The van der Waals surface area contributed by atoms with E-state index in [9.17, 15) is 17.6 Å². The van der Waals surface area contributed by atoms with Crippen LogP contribution in [0.15, 0.2) is 53.4 Å². The number of amides is 1. The number of thiophene rings is 1. The fourth-order valence-corrected chi connectivity index (χ4v) is 4.63. The highest BCUT2D eigenvalue weighted by molar-refractivity contribution is 7.89. The van der Waals surface area contributed by atoms with Gasteiger partial charge in [-0.15, -0.1) is 11.3 Å². The Bertz CT molecular complexity index is 1070. The van der Waals surface area contributed by atoms with E-state index in [-0.39, 0.29) is 29.7 Å². The predicted octanol–water partition coefficient (Wildman–Crippen LogP) is 3.40. The van der Waals surface area contributed by atoms with Gasteiger partial charge >= 0.3 is 0 Å². The van der Waals surface area contributed by atoms with Gasteiger partial charge in [0, 0.05) is 28.2 Å². The highest BCUT2D eigenvalue weighted by Gasteiger charge is 2.15. The zero-order chi connectivity index (χ0) is 18.7. The minimum Gasteiger partial charge on any atom is -0.350 e. The average Bonchev–Trinajstić information content (AvgIpc) is 3.04. The minimum atomic E-state index is -3.70. The van der Waals surface area contributed by atoms with Crippen LogP contribution in [0.2, 0.25) is 5.02 Å². The Kier molecular flexibility index (Phi) is 5.57. The molecule has 3 aromatic rings. The highest BCUT2D eigenvalue weighted by Crippen LogP contribution is 2.27. The minimum absolute atomic E-state index is 0.0137. The number of carbonyl (C=O) groups is 1. The molecule has 0 saturated heterocycles. The molecule has 136 valence electrons. The van der Waals surface area contributed by atoms with E-state index in [1.165, 1.54) is 35.6 Å². The SMILES string of the molecule is O=C(NCCNS(=O)(=O)c1cccc(Cl)c1)c1cc2c(F)cccc2s1. The Morgan fingerprint density at radius 2 is 1.88 bits per heavy atom. The van der Waals surface area contributed by atoms with Crippen LogP contribution in [0.5, 0.6) is 0 Å². The predicted molar refractivity (Wildman–Crippen MR) is 101 cm³/mol. The van der Waals surface area contributed by atoms with E-state index in [1.807, 2.05) is 0 Å². The van der Waals surface area contributed by atoms with Crippen molar-refractivity contribution < 1.29 is 17.6 Å². The molecule has 0 aliphatic heterocycles. The van der Waals surface area contributed by atoms with Crippen LogP contribution in [-0.4, -0.2) is 27.4 Å². The summed E-state index contributed by atoms with van der Waals surface area (Å²) in [4.78, 5) is 12.6. The van der Waals surface area contributed by atoms with Gasteiger partial charge in [0.05, 0.1) is 9.77 Å². The number of nitrogens with one attached hydrogen (secondary N) is 2. The number of carbonyl (C=O) groups excluding carboxylic acids is 1. The number of halogens is 2. The van der Waals surface area contributed by atoms with Gasteiger partial charge in [-0.3, -0.25) is 4.79 Å². The second-order valence-electron chi connectivity index (χ2n) is 5.37. The van der Waals surface area contributed by atoms with Crippen molar-refractivity contribution in [2.75, 3.05) is 13.1 Å². The van der Waals surface area contributed by atoms with Crippen LogP contribution in [0.3, 0.4) is 0 Å². The maximum atomic E-state index is 13.7. The smallest absolute Gasteiger partial charge is 0.261 e. The summed E-state index contributed by atoms with van der Waals surface area (Å²) in [5.74, 6) is -0.764.